The van der Waals surface area contributed by atoms with Crippen LogP contribution in [-0.2, 0) is 0 Å². The van der Waals surface area contributed by atoms with Crippen molar-refractivity contribution in [2.75, 3.05) is 18.0 Å². The number of halogens is 2. The van der Waals surface area contributed by atoms with E-state index in [2.05, 4.69) is 0 Å². The van der Waals surface area contributed by atoms with Crippen LogP contribution in [0.5, 0.6) is 0 Å². The topological polar surface area (TPSA) is 72.4 Å². The molecule has 7 heteroatoms. The molecule has 2 atom stereocenters. The van der Waals surface area contributed by atoms with E-state index in [0.717, 1.165) is 19.4 Å². The van der Waals surface area contributed by atoms with Gasteiger partial charge in [0.2, 0.25) is 0 Å². The van der Waals surface area contributed by atoms with Crippen molar-refractivity contribution < 1.29 is 4.92 Å². The minimum Gasteiger partial charge on any atom is -0.366 e. The molecule has 1 aromatic carbocycles. The van der Waals surface area contributed by atoms with E-state index < -0.39 is 4.92 Å². The molecule has 0 saturated carbocycles. The van der Waals surface area contributed by atoms with E-state index in [0.29, 0.717) is 23.2 Å². The number of nitro benzene ring substituents is 1. The lowest BCUT2D eigenvalue weighted by Crippen LogP contribution is -2.42. The number of benzene rings is 1. The highest BCUT2D eigenvalue weighted by atomic mass is 35.5. The lowest BCUT2D eigenvalue weighted by Gasteiger charge is -2.35. The minimum atomic E-state index is -0.424. The van der Waals surface area contributed by atoms with E-state index in [1.54, 1.807) is 6.07 Å². The maximum absolute atomic E-state index is 11.2. The highest BCUT2D eigenvalue weighted by Crippen LogP contribution is 2.38. The molecule has 1 aromatic rings. The molecule has 1 fully saturated rings. The second-order valence-electron chi connectivity index (χ2n) is 5.22. The van der Waals surface area contributed by atoms with E-state index >= 15 is 0 Å². The molecule has 1 aliphatic rings. The van der Waals surface area contributed by atoms with Crippen molar-refractivity contribution in [3.05, 3.63) is 32.3 Å². The van der Waals surface area contributed by atoms with Crippen molar-refractivity contribution in [2.24, 2.45) is 11.7 Å². The molecular weight excluding hydrogens is 301 g/mol. The SMILES string of the molecule is CC(N)C1CCCN(c2cc(Cl)c(Cl)cc2[N+](=O)[O-])C1. The van der Waals surface area contributed by atoms with Crippen molar-refractivity contribution in [3.8, 4) is 0 Å². The van der Waals surface area contributed by atoms with Crippen LogP contribution >= 0.6 is 23.2 Å². The van der Waals surface area contributed by atoms with Gasteiger partial charge in [-0.3, -0.25) is 10.1 Å². The molecule has 5 nitrogen and oxygen atoms in total. The summed E-state index contributed by atoms with van der Waals surface area (Å²) >= 11 is 11.9. The third kappa shape index (κ3) is 3.16. The van der Waals surface area contributed by atoms with Gasteiger partial charge in [0, 0.05) is 25.2 Å². The first-order valence-corrected chi connectivity index (χ1v) is 7.29. The fraction of sp³-hybridized carbons (Fsp3) is 0.538. The number of anilines is 1. The Kier molecular flexibility index (Phi) is 4.73. The van der Waals surface area contributed by atoms with Gasteiger partial charge in [0.05, 0.1) is 15.0 Å². The van der Waals surface area contributed by atoms with Gasteiger partial charge in [-0.2, -0.15) is 0 Å². The summed E-state index contributed by atoms with van der Waals surface area (Å²) in [5, 5.41) is 11.7. The third-order valence-electron chi connectivity index (χ3n) is 3.76. The van der Waals surface area contributed by atoms with Gasteiger partial charge in [-0.1, -0.05) is 23.2 Å². The molecule has 0 amide bonds. The fourth-order valence-corrected chi connectivity index (χ4v) is 2.90. The largest absolute Gasteiger partial charge is 0.366 e. The second kappa shape index (κ2) is 6.16. The van der Waals surface area contributed by atoms with E-state index in [-0.39, 0.29) is 16.8 Å². The first-order valence-electron chi connectivity index (χ1n) is 6.54. The molecule has 0 spiro atoms. The summed E-state index contributed by atoms with van der Waals surface area (Å²) in [6, 6.07) is 2.96. The van der Waals surface area contributed by atoms with Crippen LogP contribution in [0.2, 0.25) is 10.0 Å². The smallest absolute Gasteiger partial charge is 0.294 e. The van der Waals surface area contributed by atoms with Crippen molar-refractivity contribution in [2.45, 2.75) is 25.8 Å². The van der Waals surface area contributed by atoms with E-state index in [1.165, 1.54) is 6.07 Å². The number of hydrogen-bond acceptors (Lipinski definition) is 4. The van der Waals surface area contributed by atoms with E-state index in [1.807, 2.05) is 11.8 Å². The predicted octanol–water partition coefficient (Wildman–Crippen LogP) is 3.47. The van der Waals surface area contributed by atoms with Gasteiger partial charge in [0.1, 0.15) is 5.69 Å². The summed E-state index contributed by atoms with van der Waals surface area (Å²) in [6.45, 7) is 3.44. The first kappa shape index (κ1) is 15.4. The van der Waals surface area contributed by atoms with Gasteiger partial charge >= 0.3 is 0 Å². The Morgan fingerprint density at radius 3 is 2.70 bits per heavy atom. The molecule has 0 aliphatic carbocycles. The number of hydrogen-bond donors (Lipinski definition) is 1. The Hall–Kier alpha value is -1.04. The average Bonchev–Trinajstić information content (AvgIpc) is 2.41. The number of rotatable bonds is 3. The lowest BCUT2D eigenvalue weighted by atomic mass is 9.92. The van der Waals surface area contributed by atoms with Gasteiger partial charge in [0.25, 0.3) is 5.69 Å². The zero-order valence-electron chi connectivity index (χ0n) is 11.2. The molecular formula is C13H17Cl2N3O2. The Labute approximate surface area is 127 Å². The monoisotopic (exact) mass is 317 g/mol. The predicted molar refractivity (Wildman–Crippen MR) is 81.7 cm³/mol. The molecule has 2 rings (SSSR count). The molecule has 0 bridgehead atoms. The lowest BCUT2D eigenvalue weighted by molar-refractivity contribution is -0.384. The maximum Gasteiger partial charge on any atom is 0.294 e. The maximum atomic E-state index is 11.2. The Morgan fingerprint density at radius 1 is 1.45 bits per heavy atom. The summed E-state index contributed by atoms with van der Waals surface area (Å²) in [5.41, 5.74) is 6.46. The second-order valence-corrected chi connectivity index (χ2v) is 6.03. The first-order chi connectivity index (χ1) is 9.40. The molecule has 1 saturated heterocycles. The molecule has 0 aromatic heterocycles. The summed E-state index contributed by atoms with van der Waals surface area (Å²) in [5.74, 6) is 0.331. The normalized spacial score (nSPS) is 20.8. The zero-order chi connectivity index (χ0) is 14.9. The van der Waals surface area contributed by atoms with Gasteiger partial charge in [0.15, 0.2) is 0 Å². The average molecular weight is 318 g/mol. The Bertz CT molecular complexity index is 523. The minimum absolute atomic E-state index is 0.00951. The van der Waals surface area contributed by atoms with Gasteiger partial charge in [-0.15, -0.1) is 0 Å². The molecule has 2 unspecified atom stereocenters. The van der Waals surface area contributed by atoms with Crippen molar-refractivity contribution >= 4 is 34.6 Å². The number of nitrogens with zero attached hydrogens (tertiary/aromatic N) is 2. The molecule has 20 heavy (non-hydrogen) atoms. The molecule has 110 valence electrons. The van der Waals surface area contributed by atoms with Gasteiger partial charge in [-0.25, -0.2) is 0 Å². The summed E-state index contributed by atoms with van der Waals surface area (Å²) in [4.78, 5) is 12.8. The van der Waals surface area contributed by atoms with Crippen LogP contribution in [0.3, 0.4) is 0 Å². The number of nitrogens with two attached hydrogens (primary N) is 1. The Morgan fingerprint density at radius 2 is 2.10 bits per heavy atom. The van der Waals surface area contributed by atoms with Crippen LogP contribution in [0.4, 0.5) is 11.4 Å². The number of piperidine rings is 1. The van der Waals surface area contributed by atoms with Gasteiger partial charge < -0.3 is 10.6 Å². The van der Waals surface area contributed by atoms with Crippen LogP contribution < -0.4 is 10.6 Å². The fourth-order valence-electron chi connectivity index (χ4n) is 2.58. The van der Waals surface area contributed by atoms with Crippen LogP contribution in [0, 0.1) is 16.0 Å². The molecule has 2 N–H and O–H groups in total. The summed E-state index contributed by atoms with van der Waals surface area (Å²) in [7, 11) is 0. The highest BCUT2D eigenvalue weighted by molar-refractivity contribution is 6.42. The Balaban J connectivity index is 2.36. The number of nitro groups is 1. The molecule has 1 aliphatic heterocycles. The van der Waals surface area contributed by atoms with E-state index in [9.17, 15) is 10.1 Å². The third-order valence-corrected chi connectivity index (χ3v) is 4.48. The quantitative estimate of drug-likeness (QED) is 0.684. The van der Waals surface area contributed by atoms with Crippen molar-refractivity contribution in [3.63, 3.8) is 0 Å². The highest BCUT2D eigenvalue weighted by Gasteiger charge is 2.28. The van der Waals surface area contributed by atoms with Crippen LogP contribution in [0.1, 0.15) is 19.8 Å². The van der Waals surface area contributed by atoms with Gasteiger partial charge in [-0.05, 0) is 31.7 Å². The van der Waals surface area contributed by atoms with Crippen LogP contribution in [-0.4, -0.2) is 24.1 Å². The molecule has 1 heterocycles. The van der Waals surface area contributed by atoms with E-state index in [4.69, 9.17) is 28.9 Å². The summed E-state index contributed by atoms with van der Waals surface area (Å²) < 4.78 is 0. The molecule has 0 radical (unpaired) electrons. The van der Waals surface area contributed by atoms with Crippen LogP contribution in [0.25, 0.3) is 0 Å². The summed E-state index contributed by atoms with van der Waals surface area (Å²) in [6.07, 6.45) is 2.01. The van der Waals surface area contributed by atoms with Crippen molar-refractivity contribution in [1.82, 2.24) is 0 Å². The van der Waals surface area contributed by atoms with Crippen molar-refractivity contribution in [1.29, 1.82) is 0 Å². The van der Waals surface area contributed by atoms with Crippen LogP contribution in [0.15, 0.2) is 12.1 Å². The standard InChI is InChI=1S/C13H17Cl2N3O2/c1-8(16)9-3-2-4-17(7-9)12-5-10(14)11(15)6-13(12)18(19)20/h5-6,8-9H,2-4,7,16H2,1H3. The zero-order valence-corrected chi connectivity index (χ0v) is 12.7.